The van der Waals surface area contributed by atoms with Crippen LogP contribution in [0.2, 0.25) is 0 Å². The Bertz CT molecular complexity index is 502. The predicted molar refractivity (Wildman–Crippen MR) is 73.5 cm³/mol. The zero-order chi connectivity index (χ0) is 14.3. The van der Waals surface area contributed by atoms with Crippen LogP contribution < -0.4 is 9.62 Å². The van der Waals surface area contributed by atoms with E-state index < -0.39 is 10.0 Å². The number of para-hydroxylation sites is 1. The molecular weight excluding hydrogens is 268 g/mol. The minimum absolute atomic E-state index is 0.243. The van der Waals surface area contributed by atoms with Gasteiger partial charge in [-0.1, -0.05) is 18.2 Å². The van der Waals surface area contributed by atoms with E-state index in [0.717, 1.165) is 10.6 Å². The summed E-state index contributed by atoms with van der Waals surface area (Å²) in [6.45, 7) is 0.490. The molecule has 0 atom stereocenters. The molecule has 1 amide bonds. The van der Waals surface area contributed by atoms with Crippen molar-refractivity contribution in [3.05, 3.63) is 30.3 Å². The van der Waals surface area contributed by atoms with Gasteiger partial charge in [0, 0.05) is 13.7 Å². The number of amides is 1. The maximum absolute atomic E-state index is 11.7. The summed E-state index contributed by atoms with van der Waals surface area (Å²) < 4.78 is 29.3. The maximum Gasteiger partial charge on any atom is 0.240 e. The van der Waals surface area contributed by atoms with Gasteiger partial charge in [-0.2, -0.15) is 0 Å². The zero-order valence-electron chi connectivity index (χ0n) is 11.0. The number of hydrogen-bond acceptors (Lipinski definition) is 4. The first-order valence-electron chi connectivity index (χ1n) is 5.73. The second-order valence-corrected chi connectivity index (χ2v) is 5.85. The van der Waals surface area contributed by atoms with Crippen LogP contribution in [0.15, 0.2) is 30.3 Å². The number of anilines is 1. The highest BCUT2D eigenvalue weighted by atomic mass is 32.2. The molecule has 0 heterocycles. The van der Waals surface area contributed by atoms with Gasteiger partial charge in [-0.05, 0) is 12.1 Å². The predicted octanol–water partition coefficient (Wildman–Crippen LogP) is 0.215. The van der Waals surface area contributed by atoms with Gasteiger partial charge in [0.2, 0.25) is 15.9 Å². The molecule has 1 aromatic carbocycles. The maximum atomic E-state index is 11.7. The van der Waals surface area contributed by atoms with Gasteiger partial charge in [0.25, 0.3) is 0 Å². The lowest BCUT2D eigenvalue weighted by Crippen LogP contribution is -2.41. The van der Waals surface area contributed by atoms with Gasteiger partial charge in [-0.15, -0.1) is 0 Å². The molecular formula is C12H18N2O4S. The van der Waals surface area contributed by atoms with Gasteiger partial charge >= 0.3 is 0 Å². The molecule has 0 fully saturated rings. The summed E-state index contributed by atoms with van der Waals surface area (Å²) in [5.41, 5.74) is 0.465. The Morgan fingerprint density at radius 3 is 2.47 bits per heavy atom. The number of sulfonamides is 1. The summed E-state index contributed by atoms with van der Waals surface area (Å²) in [5, 5.41) is 2.59. The van der Waals surface area contributed by atoms with E-state index in [2.05, 4.69) is 5.32 Å². The van der Waals surface area contributed by atoms with Crippen molar-refractivity contribution in [3.63, 3.8) is 0 Å². The molecule has 1 N–H and O–H groups in total. The van der Waals surface area contributed by atoms with Gasteiger partial charge in [0.05, 0.1) is 18.6 Å². The van der Waals surface area contributed by atoms with Crippen molar-refractivity contribution in [2.24, 2.45) is 0 Å². The fourth-order valence-electron chi connectivity index (χ4n) is 1.47. The van der Waals surface area contributed by atoms with Crippen LogP contribution in [0.1, 0.15) is 0 Å². The van der Waals surface area contributed by atoms with Crippen LogP contribution in [0.3, 0.4) is 0 Å². The fraction of sp³-hybridized carbons (Fsp3) is 0.417. The smallest absolute Gasteiger partial charge is 0.240 e. The van der Waals surface area contributed by atoms with Crippen LogP contribution in [0.5, 0.6) is 0 Å². The van der Waals surface area contributed by atoms with Gasteiger partial charge in [0.15, 0.2) is 0 Å². The van der Waals surface area contributed by atoms with Crippen molar-refractivity contribution in [1.29, 1.82) is 0 Å². The lowest BCUT2D eigenvalue weighted by atomic mass is 10.3. The zero-order valence-corrected chi connectivity index (χ0v) is 11.8. The normalized spacial score (nSPS) is 11.1. The highest BCUT2D eigenvalue weighted by Crippen LogP contribution is 2.15. The summed E-state index contributed by atoms with van der Waals surface area (Å²) in [5.74, 6) is -0.369. The van der Waals surface area contributed by atoms with E-state index >= 15 is 0 Å². The molecule has 0 aromatic heterocycles. The molecule has 0 aliphatic carbocycles. The molecule has 0 aliphatic heterocycles. The Balaban J connectivity index is 2.75. The van der Waals surface area contributed by atoms with E-state index in [1.54, 1.807) is 30.3 Å². The quantitative estimate of drug-likeness (QED) is 0.727. The highest BCUT2D eigenvalue weighted by Gasteiger charge is 2.20. The van der Waals surface area contributed by atoms with Crippen molar-refractivity contribution < 1.29 is 17.9 Å². The summed E-state index contributed by atoms with van der Waals surface area (Å²) >= 11 is 0. The largest absolute Gasteiger partial charge is 0.383 e. The van der Waals surface area contributed by atoms with Gasteiger partial charge in [0.1, 0.15) is 6.54 Å². The van der Waals surface area contributed by atoms with E-state index in [4.69, 9.17) is 4.74 Å². The number of carbonyl (C=O) groups is 1. The Kier molecular flexibility index (Phi) is 5.78. The second kappa shape index (κ2) is 7.10. The summed E-state index contributed by atoms with van der Waals surface area (Å²) in [4.78, 5) is 11.7. The second-order valence-electron chi connectivity index (χ2n) is 3.95. The Hall–Kier alpha value is -1.60. The van der Waals surface area contributed by atoms with Gasteiger partial charge < -0.3 is 10.1 Å². The Morgan fingerprint density at radius 1 is 1.32 bits per heavy atom. The summed E-state index contributed by atoms with van der Waals surface area (Å²) in [6.07, 6.45) is 1.07. The number of nitrogens with one attached hydrogen (secondary N) is 1. The SMILES string of the molecule is COCCNC(=O)CN(c1ccccc1)S(C)(=O)=O. The van der Waals surface area contributed by atoms with E-state index in [9.17, 15) is 13.2 Å². The minimum Gasteiger partial charge on any atom is -0.383 e. The van der Waals surface area contributed by atoms with Crippen LogP contribution in [-0.2, 0) is 19.6 Å². The molecule has 0 saturated carbocycles. The highest BCUT2D eigenvalue weighted by molar-refractivity contribution is 7.92. The third kappa shape index (κ3) is 5.27. The minimum atomic E-state index is -3.50. The number of rotatable bonds is 7. The molecule has 19 heavy (non-hydrogen) atoms. The van der Waals surface area contributed by atoms with Crippen molar-refractivity contribution >= 4 is 21.6 Å². The average Bonchev–Trinajstić information content (AvgIpc) is 2.36. The first-order valence-corrected chi connectivity index (χ1v) is 7.58. The van der Waals surface area contributed by atoms with E-state index in [1.807, 2.05) is 0 Å². The lowest BCUT2D eigenvalue weighted by molar-refractivity contribution is -0.119. The molecule has 0 saturated heterocycles. The van der Waals surface area contributed by atoms with E-state index in [0.29, 0.717) is 18.8 Å². The summed E-state index contributed by atoms with van der Waals surface area (Å²) in [6, 6.07) is 8.50. The van der Waals surface area contributed by atoms with Crippen molar-refractivity contribution in [2.75, 3.05) is 37.4 Å². The number of carbonyl (C=O) groups excluding carboxylic acids is 1. The Morgan fingerprint density at radius 2 is 1.95 bits per heavy atom. The molecule has 0 bridgehead atoms. The van der Waals surface area contributed by atoms with Crippen LogP contribution in [0, 0.1) is 0 Å². The first-order chi connectivity index (χ1) is 8.95. The number of nitrogens with zero attached hydrogens (tertiary/aromatic N) is 1. The third-order valence-corrected chi connectivity index (χ3v) is 3.50. The molecule has 0 aliphatic rings. The van der Waals surface area contributed by atoms with Crippen LogP contribution in [0.25, 0.3) is 0 Å². The monoisotopic (exact) mass is 286 g/mol. The first kappa shape index (κ1) is 15.5. The average molecular weight is 286 g/mol. The Labute approximate surface area is 113 Å². The van der Waals surface area contributed by atoms with E-state index in [1.165, 1.54) is 7.11 Å². The number of hydrogen-bond donors (Lipinski definition) is 1. The van der Waals surface area contributed by atoms with Crippen molar-refractivity contribution in [2.45, 2.75) is 0 Å². The summed E-state index contributed by atoms with van der Waals surface area (Å²) in [7, 11) is -1.98. The van der Waals surface area contributed by atoms with Crippen molar-refractivity contribution in [1.82, 2.24) is 5.32 Å². The van der Waals surface area contributed by atoms with Gasteiger partial charge in [-0.3, -0.25) is 9.10 Å². The molecule has 1 aromatic rings. The van der Waals surface area contributed by atoms with Crippen LogP contribution in [0.4, 0.5) is 5.69 Å². The van der Waals surface area contributed by atoms with Crippen molar-refractivity contribution in [3.8, 4) is 0 Å². The molecule has 0 unspecified atom stereocenters. The lowest BCUT2D eigenvalue weighted by Gasteiger charge is -2.21. The number of ether oxygens (including phenoxy) is 1. The topological polar surface area (TPSA) is 75.7 Å². The molecule has 6 nitrogen and oxygen atoms in total. The number of benzene rings is 1. The standard InChI is InChI=1S/C12H18N2O4S/c1-18-9-8-13-12(15)10-14(19(2,16)17)11-6-4-3-5-7-11/h3-7H,8-10H2,1-2H3,(H,13,15). The van der Waals surface area contributed by atoms with Crippen LogP contribution >= 0.6 is 0 Å². The van der Waals surface area contributed by atoms with E-state index in [-0.39, 0.29) is 12.5 Å². The number of methoxy groups -OCH3 is 1. The van der Waals surface area contributed by atoms with Gasteiger partial charge in [-0.25, -0.2) is 8.42 Å². The fourth-order valence-corrected chi connectivity index (χ4v) is 2.33. The molecule has 0 spiro atoms. The third-order valence-electron chi connectivity index (χ3n) is 2.36. The molecule has 0 radical (unpaired) electrons. The molecule has 7 heteroatoms. The molecule has 1 rings (SSSR count). The van der Waals surface area contributed by atoms with Crippen LogP contribution in [-0.4, -0.2) is 47.4 Å². The molecule has 106 valence electrons.